The Morgan fingerprint density at radius 1 is 1.36 bits per heavy atom. The van der Waals surface area contributed by atoms with Crippen LogP contribution >= 0.6 is 0 Å². The molecular weight excluding hydrogens is 184 g/mol. The molecule has 76 valence electrons. The Balaban J connectivity index is 2.68. The minimum atomic E-state index is -0.896. The predicted octanol–water partition coefficient (Wildman–Crippen LogP) is 1.80. The van der Waals surface area contributed by atoms with Crippen molar-refractivity contribution >= 4 is 11.8 Å². The molecule has 0 saturated carbocycles. The number of ether oxygens (including phenoxy) is 1. The van der Waals surface area contributed by atoms with Gasteiger partial charge in [-0.2, -0.15) is 0 Å². The van der Waals surface area contributed by atoms with Crippen molar-refractivity contribution in [2.45, 2.75) is 26.4 Å². The lowest BCUT2D eigenvalue weighted by atomic mass is 10.2. The third-order valence-electron chi connectivity index (χ3n) is 1.33. The number of carbonyl (C=O) groups excluding carboxylic acids is 2. The van der Waals surface area contributed by atoms with Crippen LogP contribution in [0.5, 0.6) is 0 Å². The highest BCUT2D eigenvalue weighted by molar-refractivity contribution is 6.39. The largest absolute Gasteiger partial charge is 0.461 e. The van der Waals surface area contributed by atoms with Crippen LogP contribution < -0.4 is 0 Å². The second-order valence-corrected chi connectivity index (χ2v) is 3.81. The monoisotopic (exact) mass is 196 g/mol. The van der Waals surface area contributed by atoms with Crippen LogP contribution in [0.2, 0.25) is 0 Å². The van der Waals surface area contributed by atoms with E-state index in [4.69, 9.17) is 9.15 Å². The average molecular weight is 196 g/mol. The fourth-order valence-electron chi connectivity index (χ4n) is 0.833. The Labute approximate surface area is 81.9 Å². The number of ketones is 1. The first kappa shape index (κ1) is 10.5. The highest BCUT2D eigenvalue weighted by Gasteiger charge is 2.25. The molecule has 0 radical (unpaired) electrons. The van der Waals surface area contributed by atoms with Crippen molar-refractivity contribution in [3.8, 4) is 0 Å². The summed E-state index contributed by atoms with van der Waals surface area (Å²) in [5.74, 6) is -1.66. The Morgan fingerprint density at radius 3 is 2.43 bits per heavy atom. The van der Waals surface area contributed by atoms with E-state index in [1.165, 1.54) is 18.4 Å². The fourth-order valence-corrected chi connectivity index (χ4v) is 0.833. The standard InChI is InChI=1S/C10H12O4/c1-10(2,3)14-9(12)8(11)7-5-4-6-13-7/h4-6H,1-3H3. The molecular formula is C10H12O4. The number of hydrogen-bond donors (Lipinski definition) is 0. The molecule has 0 saturated heterocycles. The van der Waals surface area contributed by atoms with E-state index in [0.29, 0.717) is 0 Å². The second-order valence-electron chi connectivity index (χ2n) is 3.81. The van der Waals surface area contributed by atoms with Gasteiger partial charge in [0.1, 0.15) is 5.60 Å². The van der Waals surface area contributed by atoms with Gasteiger partial charge in [0.05, 0.1) is 6.26 Å². The molecule has 0 aliphatic heterocycles. The summed E-state index contributed by atoms with van der Waals surface area (Å²) >= 11 is 0. The van der Waals surface area contributed by atoms with Gasteiger partial charge in [-0.3, -0.25) is 4.79 Å². The summed E-state index contributed by atoms with van der Waals surface area (Å²) in [5, 5.41) is 0. The molecule has 1 aromatic heterocycles. The van der Waals surface area contributed by atoms with Gasteiger partial charge in [-0.15, -0.1) is 0 Å². The van der Waals surface area contributed by atoms with Crippen LogP contribution in [0.3, 0.4) is 0 Å². The molecule has 0 aliphatic carbocycles. The third-order valence-corrected chi connectivity index (χ3v) is 1.33. The van der Waals surface area contributed by atoms with Crippen LogP contribution in [-0.2, 0) is 9.53 Å². The number of furan rings is 1. The first-order chi connectivity index (χ1) is 6.40. The van der Waals surface area contributed by atoms with Gasteiger partial charge < -0.3 is 9.15 Å². The summed E-state index contributed by atoms with van der Waals surface area (Å²) in [6.45, 7) is 5.08. The van der Waals surface area contributed by atoms with E-state index in [0.717, 1.165) is 0 Å². The smallest absolute Gasteiger partial charge is 0.383 e. The summed E-state index contributed by atoms with van der Waals surface area (Å²) in [4.78, 5) is 22.5. The molecule has 0 aliphatic rings. The zero-order chi connectivity index (χ0) is 10.8. The lowest BCUT2D eigenvalue weighted by Crippen LogP contribution is -2.28. The SMILES string of the molecule is CC(C)(C)OC(=O)C(=O)c1ccco1. The third kappa shape index (κ3) is 2.73. The fraction of sp³-hybridized carbons (Fsp3) is 0.400. The van der Waals surface area contributed by atoms with Gasteiger partial charge in [0, 0.05) is 0 Å². The van der Waals surface area contributed by atoms with Crippen molar-refractivity contribution in [2.75, 3.05) is 0 Å². The van der Waals surface area contributed by atoms with Crippen molar-refractivity contribution in [3.63, 3.8) is 0 Å². The summed E-state index contributed by atoms with van der Waals surface area (Å²) in [6, 6.07) is 2.96. The van der Waals surface area contributed by atoms with Crippen molar-refractivity contribution in [3.05, 3.63) is 24.2 Å². The molecule has 0 spiro atoms. The maximum absolute atomic E-state index is 11.3. The maximum atomic E-state index is 11.3. The normalized spacial score (nSPS) is 11.1. The average Bonchev–Trinajstić information content (AvgIpc) is 2.51. The van der Waals surface area contributed by atoms with E-state index in [1.807, 2.05) is 0 Å². The minimum absolute atomic E-state index is 0.000694. The summed E-state index contributed by atoms with van der Waals surface area (Å²) in [7, 11) is 0. The van der Waals surface area contributed by atoms with Gasteiger partial charge in [0.15, 0.2) is 5.76 Å². The number of rotatable bonds is 2. The summed E-state index contributed by atoms with van der Waals surface area (Å²) < 4.78 is 9.66. The molecule has 0 amide bonds. The highest BCUT2D eigenvalue weighted by Crippen LogP contribution is 2.10. The molecule has 1 rings (SSSR count). The van der Waals surface area contributed by atoms with E-state index in [1.54, 1.807) is 20.8 Å². The Hall–Kier alpha value is -1.58. The molecule has 0 aromatic carbocycles. The topological polar surface area (TPSA) is 56.5 Å². The number of carbonyl (C=O) groups is 2. The minimum Gasteiger partial charge on any atom is -0.461 e. The number of esters is 1. The van der Waals surface area contributed by atoms with Crippen LogP contribution in [0.25, 0.3) is 0 Å². The summed E-state index contributed by atoms with van der Waals surface area (Å²) in [6.07, 6.45) is 1.33. The molecule has 1 aromatic rings. The quantitative estimate of drug-likeness (QED) is 0.411. The van der Waals surface area contributed by atoms with Gasteiger partial charge in [-0.25, -0.2) is 4.79 Å². The van der Waals surface area contributed by atoms with Crippen LogP contribution in [0.1, 0.15) is 31.3 Å². The van der Waals surface area contributed by atoms with Crippen molar-refractivity contribution < 1.29 is 18.7 Å². The molecule has 4 nitrogen and oxygen atoms in total. The molecule has 4 heteroatoms. The van der Waals surface area contributed by atoms with E-state index < -0.39 is 17.4 Å². The van der Waals surface area contributed by atoms with Crippen molar-refractivity contribution in [1.29, 1.82) is 0 Å². The predicted molar refractivity (Wildman–Crippen MR) is 48.9 cm³/mol. The zero-order valence-electron chi connectivity index (χ0n) is 8.37. The van der Waals surface area contributed by atoms with Crippen molar-refractivity contribution in [2.24, 2.45) is 0 Å². The second kappa shape index (κ2) is 3.65. The van der Waals surface area contributed by atoms with E-state index in [2.05, 4.69) is 0 Å². The first-order valence-corrected chi connectivity index (χ1v) is 4.21. The van der Waals surface area contributed by atoms with Gasteiger partial charge in [0.25, 0.3) is 0 Å². The molecule has 14 heavy (non-hydrogen) atoms. The molecule has 0 fully saturated rings. The van der Waals surface area contributed by atoms with Crippen LogP contribution in [0.4, 0.5) is 0 Å². The van der Waals surface area contributed by atoms with E-state index in [-0.39, 0.29) is 5.76 Å². The number of hydrogen-bond acceptors (Lipinski definition) is 4. The lowest BCUT2D eigenvalue weighted by molar-refractivity contribution is -0.148. The van der Waals surface area contributed by atoms with E-state index in [9.17, 15) is 9.59 Å². The van der Waals surface area contributed by atoms with Crippen LogP contribution in [-0.4, -0.2) is 17.4 Å². The van der Waals surface area contributed by atoms with Gasteiger partial charge in [-0.1, -0.05) is 0 Å². The van der Waals surface area contributed by atoms with Gasteiger partial charge >= 0.3 is 11.8 Å². The van der Waals surface area contributed by atoms with Crippen LogP contribution in [0.15, 0.2) is 22.8 Å². The van der Waals surface area contributed by atoms with Gasteiger partial charge in [-0.05, 0) is 32.9 Å². The molecule has 0 atom stereocenters. The molecule has 0 bridgehead atoms. The molecule has 1 heterocycles. The highest BCUT2D eigenvalue weighted by atomic mass is 16.6. The van der Waals surface area contributed by atoms with Crippen LogP contribution in [0, 0.1) is 0 Å². The number of Topliss-reactive ketones (excluding diaryl/α,β-unsaturated/α-hetero) is 1. The Morgan fingerprint density at radius 2 is 2.00 bits per heavy atom. The zero-order valence-corrected chi connectivity index (χ0v) is 8.37. The molecule has 0 N–H and O–H groups in total. The Bertz CT molecular complexity index is 330. The van der Waals surface area contributed by atoms with Crippen molar-refractivity contribution in [1.82, 2.24) is 0 Å². The molecule has 0 unspecified atom stereocenters. The van der Waals surface area contributed by atoms with E-state index >= 15 is 0 Å². The van der Waals surface area contributed by atoms with Gasteiger partial charge in [0.2, 0.25) is 0 Å². The Kier molecular flexibility index (Phi) is 2.74. The lowest BCUT2D eigenvalue weighted by Gasteiger charge is -2.18. The summed E-state index contributed by atoms with van der Waals surface area (Å²) in [5.41, 5.74) is -0.667. The maximum Gasteiger partial charge on any atom is 0.383 e. The first-order valence-electron chi connectivity index (χ1n) is 4.21.